The van der Waals surface area contributed by atoms with Crippen LogP contribution in [0.1, 0.15) is 68.8 Å². The molecule has 0 heterocycles. The fourth-order valence-corrected chi connectivity index (χ4v) is 2.64. The summed E-state index contributed by atoms with van der Waals surface area (Å²) in [5.41, 5.74) is 1.78. The summed E-state index contributed by atoms with van der Waals surface area (Å²) in [7, 11) is 1.65. The van der Waals surface area contributed by atoms with Gasteiger partial charge in [-0.15, -0.1) is 0 Å². The van der Waals surface area contributed by atoms with Crippen LogP contribution in [0.25, 0.3) is 0 Å². The van der Waals surface area contributed by atoms with Crippen LogP contribution in [0.5, 0.6) is 0 Å². The van der Waals surface area contributed by atoms with Crippen molar-refractivity contribution < 1.29 is 14.3 Å². The van der Waals surface area contributed by atoms with Crippen LogP contribution >= 0.6 is 0 Å². The average Bonchev–Trinajstić information content (AvgIpc) is 2.53. The second-order valence-corrected chi connectivity index (χ2v) is 6.57. The summed E-state index contributed by atoms with van der Waals surface area (Å²) in [6, 6.07) is 7.77. The van der Waals surface area contributed by atoms with E-state index in [1.165, 1.54) is 0 Å². The average molecular weight is 320 g/mol. The molecule has 23 heavy (non-hydrogen) atoms. The van der Waals surface area contributed by atoms with Gasteiger partial charge in [-0.05, 0) is 43.2 Å². The number of benzene rings is 1. The highest BCUT2D eigenvalue weighted by Gasteiger charge is 2.18. The third-order valence-corrected chi connectivity index (χ3v) is 3.97. The van der Waals surface area contributed by atoms with Crippen LogP contribution in [0.4, 0.5) is 0 Å². The van der Waals surface area contributed by atoms with E-state index in [-0.39, 0.29) is 12.1 Å². The summed E-state index contributed by atoms with van der Waals surface area (Å²) in [5.74, 6) is 0.451. The lowest BCUT2D eigenvalue weighted by atomic mass is 10.0. The molecule has 0 radical (unpaired) electrons. The van der Waals surface area contributed by atoms with Crippen molar-refractivity contribution >= 4 is 5.97 Å². The molecule has 1 unspecified atom stereocenters. The first kappa shape index (κ1) is 19.7. The number of hydrogen-bond acceptors (Lipinski definition) is 3. The molecule has 0 spiro atoms. The second kappa shape index (κ2) is 11.2. The highest BCUT2D eigenvalue weighted by atomic mass is 16.6. The van der Waals surface area contributed by atoms with Crippen molar-refractivity contribution in [3.8, 4) is 0 Å². The molecule has 0 fully saturated rings. The molecule has 0 aliphatic heterocycles. The molecule has 3 heteroatoms. The predicted octanol–water partition coefficient (Wildman–Crippen LogP) is 5.03. The second-order valence-electron chi connectivity index (χ2n) is 6.57. The molecular weight excluding hydrogens is 288 g/mol. The van der Waals surface area contributed by atoms with Gasteiger partial charge in [0.15, 0.2) is 0 Å². The lowest BCUT2D eigenvalue weighted by Crippen LogP contribution is -2.24. The minimum Gasteiger partial charge on any atom is -0.456 e. The maximum atomic E-state index is 12.5. The SMILES string of the molecule is CCCCc1ccccc1C(=O)OC(CCCC(C)C)COC. The van der Waals surface area contributed by atoms with E-state index in [0.717, 1.165) is 44.1 Å². The summed E-state index contributed by atoms with van der Waals surface area (Å²) in [5, 5.41) is 0. The number of rotatable bonds is 11. The van der Waals surface area contributed by atoms with Crippen LogP contribution in [0.2, 0.25) is 0 Å². The number of aryl methyl sites for hydroxylation is 1. The quantitative estimate of drug-likeness (QED) is 0.537. The number of ether oxygens (including phenoxy) is 2. The van der Waals surface area contributed by atoms with Crippen LogP contribution in [0.3, 0.4) is 0 Å². The molecule has 0 aromatic heterocycles. The van der Waals surface area contributed by atoms with Gasteiger partial charge in [-0.1, -0.05) is 51.8 Å². The molecule has 1 aromatic rings. The molecule has 3 nitrogen and oxygen atoms in total. The van der Waals surface area contributed by atoms with Crippen LogP contribution in [0, 0.1) is 5.92 Å². The van der Waals surface area contributed by atoms with Crippen molar-refractivity contribution in [1.29, 1.82) is 0 Å². The normalized spacial score (nSPS) is 12.4. The number of hydrogen-bond donors (Lipinski definition) is 0. The first-order valence-corrected chi connectivity index (χ1v) is 8.86. The molecule has 0 N–H and O–H groups in total. The van der Waals surface area contributed by atoms with Gasteiger partial charge in [0.05, 0.1) is 12.2 Å². The number of unbranched alkanes of at least 4 members (excludes halogenated alkanes) is 1. The number of methoxy groups -OCH3 is 1. The molecular formula is C20H32O3. The number of esters is 1. The van der Waals surface area contributed by atoms with Gasteiger partial charge in [0.1, 0.15) is 6.10 Å². The van der Waals surface area contributed by atoms with Gasteiger partial charge >= 0.3 is 5.97 Å². The molecule has 1 rings (SSSR count). The lowest BCUT2D eigenvalue weighted by molar-refractivity contribution is 0.00209. The summed E-state index contributed by atoms with van der Waals surface area (Å²) < 4.78 is 10.9. The molecule has 1 aromatic carbocycles. The first-order valence-electron chi connectivity index (χ1n) is 8.86. The molecule has 0 aliphatic carbocycles. The summed E-state index contributed by atoms with van der Waals surface area (Å²) in [6.45, 7) is 7.04. The van der Waals surface area contributed by atoms with Crippen LogP contribution in [-0.4, -0.2) is 25.8 Å². The lowest BCUT2D eigenvalue weighted by Gasteiger charge is -2.18. The number of carbonyl (C=O) groups excluding carboxylic acids is 1. The Morgan fingerprint density at radius 1 is 1.13 bits per heavy atom. The van der Waals surface area contributed by atoms with Gasteiger partial charge < -0.3 is 9.47 Å². The molecule has 0 saturated heterocycles. The van der Waals surface area contributed by atoms with Crippen molar-refractivity contribution in [3.05, 3.63) is 35.4 Å². The third kappa shape index (κ3) is 7.65. The first-order chi connectivity index (χ1) is 11.1. The van der Waals surface area contributed by atoms with Gasteiger partial charge in [-0.2, -0.15) is 0 Å². The maximum Gasteiger partial charge on any atom is 0.338 e. The Bertz CT molecular complexity index is 454. The van der Waals surface area contributed by atoms with E-state index < -0.39 is 0 Å². The third-order valence-electron chi connectivity index (χ3n) is 3.97. The van der Waals surface area contributed by atoms with Crippen molar-refractivity contribution in [2.45, 2.75) is 65.4 Å². The topological polar surface area (TPSA) is 35.5 Å². The highest BCUT2D eigenvalue weighted by molar-refractivity contribution is 5.91. The fraction of sp³-hybridized carbons (Fsp3) is 0.650. The van der Waals surface area contributed by atoms with E-state index in [4.69, 9.17) is 9.47 Å². The zero-order valence-corrected chi connectivity index (χ0v) is 15.1. The van der Waals surface area contributed by atoms with E-state index in [1.807, 2.05) is 24.3 Å². The zero-order valence-electron chi connectivity index (χ0n) is 15.1. The van der Waals surface area contributed by atoms with Crippen molar-refractivity contribution in [1.82, 2.24) is 0 Å². The summed E-state index contributed by atoms with van der Waals surface area (Å²) in [6.07, 6.45) is 6.01. The van der Waals surface area contributed by atoms with Gasteiger partial charge in [0.25, 0.3) is 0 Å². The highest BCUT2D eigenvalue weighted by Crippen LogP contribution is 2.17. The van der Waals surface area contributed by atoms with Gasteiger partial charge in [0, 0.05) is 7.11 Å². The predicted molar refractivity (Wildman–Crippen MR) is 94.8 cm³/mol. The van der Waals surface area contributed by atoms with Crippen LogP contribution in [-0.2, 0) is 15.9 Å². The summed E-state index contributed by atoms with van der Waals surface area (Å²) in [4.78, 5) is 12.5. The van der Waals surface area contributed by atoms with Crippen molar-refractivity contribution in [2.24, 2.45) is 5.92 Å². The Balaban J connectivity index is 2.66. The van der Waals surface area contributed by atoms with Gasteiger partial charge in [-0.3, -0.25) is 0 Å². The zero-order chi connectivity index (χ0) is 17.1. The molecule has 0 amide bonds. The minimum absolute atomic E-state index is 0.162. The molecule has 0 bridgehead atoms. The monoisotopic (exact) mass is 320 g/mol. The van der Waals surface area contributed by atoms with E-state index in [1.54, 1.807) is 7.11 Å². The van der Waals surface area contributed by atoms with E-state index in [2.05, 4.69) is 20.8 Å². The Labute approximate surface area is 141 Å². The largest absolute Gasteiger partial charge is 0.456 e. The Hall–Kier alpha value is -1.35. The van der Waals surface area contributed by atoms with E-state index >= 15 is 0 Å². The standard InChI is InChI=1S/C20H32O3/c1-5-6-11-17-12-7-8-14-19(17)20(21)23-18(15-22-4)13-9-10-16(2)3/h7-8,12,14,16,18H,5-6,9-11,13,15H2,1-4H3. The van der Waals surface area contributed by atoms with Crippen molar-refractivity contribution in [2.75, 3.05) is 13.7 Å². The molecule has 130 valence electrons. The Morgan fingerprint density at radius 3 is 2.52 bits per heavy atom. The van der Waals surface area contributed by atoms with Crippen LogP contribution in [0.15, 0.2) is 24.3 Å². The Morgan fingerprint density at radius 2 is 1.87 bits per heavy atom. The molecule has 0 aliphatic rings. The molecule has 1 atom stereocenters. The van der Waals surface area contributed by atoms with Crippen LogP contribution < -0.4 is 0 Å². The van der Waals surface area contributed by atoms with E-state index in [9.17, 15) is 4.79 Å². The maximum absolute atomic E-state index is 12.5. The van der Waals surface area contributed by atoms with Gasteiger partial charge in [0.2, 0.25) is 0 Å². The van der Waals surface area contributed by atoms with Gasteiger partial charge in [-0.25, -0.2) is 4.79 Å². The van der Waals surface area contributed by atoms with Crippen molar-refractivity contribution in [3.63, 3.8) is 0 Å². The minimum atomic E-state index is -0.219. The molecule has 0 saturated carbocycles. The smallest absolute Gasteiger partial charge is 0.338 e. The fourth-order valence-electron chi connectivity index (χ4n) is 2.64. The number of carbonyl (C=O) groups is 1. The summed E-state index contributed by atoms with van der Waals surface area (Å²) >= 11 is 0. The van der Waals surface area contributed by atoms with E-state index in [0.29, 0.717) is 18.1 Å². The Kier molecular flexibility index (Phi) is 9.61.